The van der Waals surface area contributed by atoms with Gasteiger partial charge in [-0.25, -0.2) is 14.6 Å². The molecule has 0 atom stereocenters. The average Bonchev–Trinajstić information content (AvgIpc) is 3.20. The van der Waals surface area contributed by atoms with Crippen molar-refractivity contribution in [2.24, 2.45) is 4.99 Å². The highest BCUT2D eigenvalue weighted by molar-refractivity contribution is 14.1. The Labute approximate surface area is 217 Å². The molecule has 3 aromatic rings. The van der Waals surface area contributed by atoms with Gasteiger partial charge in [0.2, 0.25) is 5.90 Å². The fraction of sp³-hybridized carbons (Fsp3) is 0.179. The van der Waals surface area contributed by atoms with Crippen LogP contribution in [0.15, 0.2) is 71.4 Å². The summed E-state index contributed by atoms with van der Waals surface area (Å²) in [4.78, 5) is 29.5. The van der Waals surface area contributed by atoms with E-state index in [0.717, 1.165) is 11.1 Å². The third-order valence-corrected chi connectivity index (χ3v) is 6.28. The predicted molar refractivity (Wildman–Crippen MR) is 143 cm³/mol. The van der Waals surface area contributed by atoms with Crippen molar-refractivity contribution in [1.82, 2.24) is 0 Å². The van der Waals surface area contributed by atoms with E-state index in [9.17, 15) is 9.59 Å². The molecular weight excluding hydrogens is 557 g/mol. The number of nitrogens with zero attached hydrogens (tertiary/aromatic N) is 1. The van der Waals surface area contributed by atoms with Crippen LogP contribution in [-0.2, 0) is 9.53 Å². The van der Waals surface area contributed by atoms with Crippen LogP contribution < -0.4 is 9.47 Å². The molecule has 0 spiro atoms. The fourth-order valence-electron chi connectivity index (χ4n) is 3.46. The molecule has 7 heteroatoms. The SMILES string of the molecule is COc1cc(/C=C2\N=C(c3ccc(C(C)C)cc3)OC2=O)cc(I)c1OC(=O)c1ccc(C)cc1. The Bertz CT molecular complexity index is 1340. The largest absolute Gasteiger partial charge is 0.493 e. The first-order valence-corrected chi connectivity index (χ1v) is 12.1. The van der Waals surface area contributed by atoms with Gasteiger partial charge in [-0.1, -0.05) is 43.7 Å². The number of esters is 2. The van der Waals surface area contributed by atoms with Crippen LogP contribution in [0.1, 0.15) is 52.4 Å². The van der Waals surface area contributed by atoms with Gasteiger partial charge in [-0.05, 0) is 89.0 Å². The van der Waals surface area contributed by atoms with Crippen molar-refractivity contribution >= 4 is 46.5 Å². The molecule has 0 aliphatic carbocycles. The van der Waals surface area contributed by atoms with E-state index < -0.39 is 11.9 Å². The molecule has 0 saturated carbocycles. The van der Waals surface area contributed by atoms with Crippen LogP contribution in [0.25, 0.3) is 6.08 Å². The molecule has 0 unspecified atom stereocenters. The predicted octanol–water partition coefficient (Wildman–Crippen LogP) is 6.30. The smallest absolute Gasteiger partial charge is 0.363 e. The summed E-state index contributed by atoms with van der Waals surface area (Å²) in [5, 5.41) is 0. The van der Waals surface area contributed by atoms with Gasteiger partial charge in [0.25, 0.3) is 0 Å². The van der Waals surface area contributed by atoms with E-state index in [1.54, 1.807) is 30.3 Å². The van der Waals surface area contributed by atoms with E-state index in [4.69, 9.17) is 14.2 Å². The number of hydrogen-bond donors (Lipinski definition) is 0. The number of cyclic esters (lactones) is 1. The van der Waals surface area contributed by atoms with E-state index in [1.807, 2.05) is 43.3 Å². The Hall–Kier alpha value is -3.46. The lowest BCUT2D eigenvalue weighted by molar-refractivity contribution is -0.129. The highest BCUT2D eigenvalue weighted by Gasteiger charge is 2.25. The third kappa shape index (κ3) is 5.62. The van der Waals surface area contributed by atoms with Crippen molar-refractivity contribution in [3.8, 4) is 11.5 Å². The average molecular weight is 581 g/mol. The topological polar surface area (TPSA) is 74.2 Å². The van der Waals surface area contributed by atoms with Crippen molar-refractivity contribution in [2.75, 3.05) is 7.11 Å². The van der Waals surface area contributed by atoms with Crippen LogP contribution in [-0.4, -0.2) is 24.9 Å². The Morgan fingerprint density at radius 1 is 1.06 bits per heavy atom. The molecule has 1 aliphatic rings. The van der Waals surface area contributed by atoms with E-state index in [2.05, 4.69) is 41.4 Å². The maximum atomic E-state index is 12.6. The van der Waals surface area contributed by atoms with Crippen molar-refractivity contribution in [3.05, 3.63) is 97.7 Å². The Balaban J connectivity index is 1.59. The first-order chi connectivity index (χ1) is 16.7. The molecule has 1 heterocycles. The lowest BCUT2D eigenvalue weighted by Crippen LogP contribution is -2.10. The Kier molecular flexibility index (Phi) is 7.35. The highest BCUT2D eigenvalue weighted by Crippen LogP contribution is 2.35. The summed E-state index contributed by atoms with van der Waals surface area (Å²) >= 11 is 2.07. The summed E-state index contributed by atoms with van der Waals surface area (Å²) in [5.74, 6) is 0.334. The molecule has 0 N–H and O–H groups in total. The van der Waals surface area contributed by atoms with Crippen LogP contribution in [0.5, 0.6) is 11.5 Å². The molecule has 35 heavy (non-hydrogen) atoms. The number of ether oxygens (including phenoxy) is 3. The molecule has 6 nitrogen and oxygen atoms in total. The lowest BCUT2D eigenvalue weighted by atomic mass is 10.0. The van der Waals surface area contributed by atoms with Crippen LogP contribution >= 0.6 is 22.6 Å². The van der Waals surface area contributed by atoms with Gasteiger partial charge < -0.3 is 14.2 Å². The number of aliphatic imine (C=N–C) groups is 1. The first kappa shape index (κ1) is 24.7. The molecule has 1 aliphatic heterocycles. The molecule has 4 rings (SSSR count). The minimum atomic E-state index is -0.531. The van der Waals surface area contributed by atoms with Crippen molar-refractivity contribution in [2.45, 2.75) is 26.7 Å². The number of carbonyl (C=O) groups is 2. The number of methoxy groups -OCH3 is 1. The monoisotopic (exact) mass is 581 g/mol. The zero-order valence-corrected chi connectivity index (χ0v) is 22.0. The summed E-state index contributed by atoms with van der Waals surface area (Å²) < 4.78 is 17.1. The molecule has 0 aromatic heterocycles. The third-order valence-electron chi connectivity index (χ3n) is 5.48. The second-order valence-electron chi connectivity index (χ2n) is 8.40. The zero-order valence-electron chi connectivity index (χ0n) is 19.8. The molecule has 0 saturated heterocycles. The number of hydrogen-bond acceptors (Lipinski definition) is 6. The van der Waals surface area contributed by atoms with Gasteiger partial charge in [0.05, 0.1) is 16.2 Å². The highest BCUT2D eigenvalue weighted by atomic mass is 127. The van der Waals surface area contributed by atoms with Crippen LogP contribution in [0.2, 0.25) is 0 Å². The summed E-state index contributed by atoms with van der Waals surface area (Å²) in [6.45, 7) is 6.19. The molecule has 0 radical (unpaired) electrons. The molecule has 178 valence electrons. The second kappa shape index (κ2) is 10.4. The van der Waals surface area contributed by atoms with Gasteiger partial charge in [-0.15, -0.1) is 0 Å². The number of rotatable bonds is 6. The summed E-state index contributed by atoms with van der Waals surface area (Å²) in [6, 6.07) is 18.4. The van der Waals surface area contributed by atoms with Gasteiger partial charge >= 0.3 is 11.9 Å². The maximum absolute atomic E-state index is 12.6. The zero-order chi connectivity index (χ0) is 25.1. The summed E-state index contributed by atoms with van der Waals surface area (Å²) in [6.07, 6.45) is 1.62. The van der Waals surface area contributed by atoms with E-state index in [1.165, 1.54) is 12.7 Å². The van der Waals surface area contributed by atoms with Gasteiger partial charge in [-0.2, -0.15) is 0 Å². The summed E-state index contributed by atoms with van der Waals surface area (Å²) in [7, 11) is 1.49. The molecule has 0 amide bonds. The van der Waals surface area contributed by atoms with Crippen LogP contribution in [0.3, 0.4) is 0 Å². The minimum Gasteiger partial charge on any atom is -0.493 e. The summed E-state index contributed by atoms with van der Waals surface area (Å²) in [5.41, 5.74) is 4.26. The second-order valence-corrected chi connectivity index (χ2v) is 9.56. The fourth-order valence-corrected chi connectivity index (χ4v) is 4.20. The van der Waals surface area contributed by atoms with Gasteiger partial charge in [-0.3, -0.25) is 0 Å². The molecular formula is C28H24INO5. The van der Waals surface area contributed by atoms with E-state index in [-0.39, 0.29) is 11.6 Å². The minimum absolute atomic E-state index is 0.176. The standard InChI is InChI=1S/C28H24INO5/c1-16(2)19-9-11-20(12-10-19)26-30-23(28(32)35-26)14-18-13-22(29)25(24(15-18)33-4)34-27(31)21-7-5-17(3)6-8-21/h5-16H,1-4H3/b23-14-. The van der Waals surface area contributed by atoms with Crippen molar-refractivity contribution in [1.29, 1.82) is 0 Å². The molecule has 0 bridgehead atoms. The van der Waals surface area contributed by atoms with Crippen molar-refractivity contribution < 1.29 is 23.8 Å². The lowest BCUT2D eigenvalue weighted by Gasteiger charge is -2.12. The van der Waals surface area contributed by atoms with E-state index in [0.29, 0.717) is 32.1 Å². The van der Waals surface area contributed by atoms with Crippen molar-refractivity contribution in [3.63, 3.8) is 0 Å². The number of carbonyl (C=O) groups excluding carboxylic acids is 2. The van der Waals surface area contributed by atoms with Crippen LogP contribution in [0.4, 0.5) is 0 Å². The van der Waals surface area contributed by atoms with Gasteiger partial charge in [0, 0.05) is 5.56 Å². The number of aryl methyl sites for hydroxylation is 1. The van der Waals surface area contributed by atoms with Crippen LogP contribution in [0, 0.1) is 10.5 Å². The normalized spacial score (nSPS) is 14.2. The quantitative estimate of drug-likeness (QED) is 0.148. The Morgan fingerprint density at radius 3 is 2.37 bits per heavy atom. The molecule has 0 fully saturated rings. The molecule has 3 aromatic carbocycles. The maximum Gasteiger partial charge on any atom is 0.363 e. The first-order valence-electron chi connectivity index (χ1n) is 11.0. The van der Waals surface area contributed by atoms with Gasteiger partial charge in [0.15, 0.2) is 17.2 Å². The number of benzene rings is 3. The van der Waals surface area contributed by atoms with E-state index >= 15 is 0 Å². The Morgan fingerprint density at radius 2 is 1.74 bits per heavy atom. The van der Waals surface area contributed by atoms with Gasteiger partial charge in [0.1, 0.15) is 0 Å². The number of halogens is 1.